The highest BCUT2D eigenvalue weighted by molar-refractivity contribution is 6.37. The van der Waals surface area contributed by atoms with Crippen molar-refractivity contribution in [3.63, 3.8) is 0 Å². The predicted molar refractivity (Wildman–Crippen MR) is 86.9 cm³/mol. The fourth-order valence-corrected chi connectivity index (χ4v) is 2.65. The first-order valence-electron chi connectivity index (χ1n) is 6.15. The molecule has 122 valence electrons. The van der Waals surface area contributed by atoms with Crippen LogP contribution in [0.4, 0.5) is 0 Å². The van der Waals surface area contributed by atoms with Crippen molar-refractivity contribution in [1.82, 2.24) is 0 Å². The minimum atomic E-state index is -1.05. The minimum Gasteiger partial charge on any atom is -0.468 e. The molecular weight excluding hydrogens is 374 g/mol. The van der Waals surface area contributed by atoms with Gasteiger partial charge >= 0.3 is 11.9 Å². The van der Waals surface area contributed by atoms with E-state index in [-0.39, 0.29) is 0 Å². The van der Waals surface area contributed by atoms with Crippen LogP contribution in [0.25, 0.3) is 0 Å². The Balaban J connectivity index is 2.99. The highest BCUT2D eigenvalue weighted by Gasteiger charge is 2.30. The Morgan fingerprint density at radius 3 is 1.55 bits per heavy atom. The second-order valence-electron chi connectivity index (χ2n) is 4.32. The molecule has 0 aliphatic carbocycles. The zero-order valence-electron chi connectivity index (χ0n) is 11.8. The predicted octanol–water partition coefficient (Wildman–Crippen LogP) is 3.81. The standard InChI is InChI=1S/C14H14Cl4O4/c1-21-13(19)11(17)9(15)7-4-3-5-8(6-7)10(16)12(18)14(20)22-2/h3-6,9-12H,1-2H3/t9-,10-,11-,12+/m0/s1. The molecule has 0 bridgehead atoms. The fourth-order valence-electron chi connectivity index (χ4n) is 1.70. The van der Waals surface area contributed by atoms with Gasteiger partial charge in [-0.05, 0) is 11.1 Å². The average molecular weight is 388 g/mol. The van der Waals surface area contributed by atoms with E-state index < -0.39 is 33.4 Å². The molecule has 0 N–H and O–H groups in total. The van der Waals surface area contributed by atoms with Crippen molar-refractivity contribution < 1.29 is 19.1 Å². The van der Waals surface area contributed by atoms with Gasteiger partial charge in [0.15, 0.2) is 10.8 Å². The first kappa shape index (κ1) is 19.4. The van der Waals surface area contributed by atoms with E-state index in [1.54, 1.807) is 24.3 Å². The number of carbonyl (C=O) groups is 2. The summed E-state index contributed by atoms with van der Waals surface area (Å²) in [7, 11) is 2.45. The molecule has 0 radical (unpaired) electrons. The van der Waals surface area contributed by atoms with Gasteiger partial charge in [-0.15, -0.1) is 46.4 Å². The Bertz CT molecular complexity index is 494. The molecule has 0 aliphatic rings. The van der Waals surface area contributed by atoms with Gasteiger partial charge in [0.2, 0.25) is 0 Å². The lowest BCUT2D eigenvalue weighted by atomic mass is 10.0. The number of hydrogen-bond acceptors (Lipinski definition) is 4. The monoisotopic (exact) mass is 386 g/mol. The normalized spacial score (nSPS) is 16.3. The summed E-state index contributed by atoms with van der Waals surface area (Å²) >= 11 is 24.2. The summed E-state index contributed by atoms with van der Waals surface area (Å²) in [5, 5.41) is -3.74. The summed E-state index contributed by atoms with van der Waals surface area (Å²) in [6.45, 7) is 0. The second-order valence-corrected chi connectivity index (χ2v) is 6.20. The van der Waals surface area contributed by atoms with Gasteiger partial charge in [-0.25, -0.2) is 0 Å². The average Bonchev–Trinajstić information content (AvgIpc) is 2.57. The van der Waals surface area contributed by atoms with Crippen molar-refractivity contribution in [1.29, 1.82) is 0 Å². The molecule has 1 aromatic rings. The van der Waals surface area contributed by atoms with Crippen LogP contribution < -0.4 is 0 Å². The summed E-state index contributed by atoms with van der Waals surface area (Å²) in [5.74, 6) is -1.28. The van der Waals surface area contributed by atoms with E-state index in [4.69, 9.17) is 46.4 Å². The first-order chi connectivity index (χ1) is 10.3. The Kier molecular flexibility index (Phi) is 7.77. The van der Waals surface area contributed by atoms with Gasteiger partial charge < -0.3 is 9.47 Å². The Morgan fingerprint density at radius 2 is 1.23 bits per heavy atom. The van der Waals surface area contributed by atoms with Crippen LogP contribution in [-0.2, 0) is 19.1 Å². The number of hydrogen-bond donors (Lipinski definition) is 0. The van der Waals surface area contributed by atoms with Crippen LogP contribution >= 0.6 is 46.4 Å². The second kappa shape index (κ2) is 8.82. The van der Waals surface area contributed by atoms with E-state index in [9.17, 15) is 9.59 Å². The summed E-state index contributed by atoms with van der Waals surface area (Å²) in [6.07, 6.45) is 0. The highest BCUT2D eigenvalue weighted by Crippen LogP contribution is 2.34. The van der Waals surface area contributed by atoms with Crippen LogP contribution in [0.2, 0.25) is 0 Å². The zero-order valence-corrected chi connectivity index (χ0v) is 14.8. The van der Waals surface area contributed by atoms with E-state index >= 15 is 0 Å². The molecule has 22 heavy (non-hydrogen) atoms. The van der Waals surface area contributed by atoms with Crippen LogP contribution in [0.5, 0.6) is 0 Å². The molecule has 0 spiro atoms. The number of esters is 2. The summed E-state index contributed by atoms with van der Waals surface area (Å²) in [5.41, 5.74) is 1.12. The SMILES string of the molecule is COC(=O)[C@@H](Cl)[C@@H](Cl)c1cccc([C@H](Cl)[C@@H](Cl)C(=O)OC)c1. The van der Waals surface area contributed by atoms with Crippen LogP contribution in [0.15, 0.2) is 24.3 Å². The quantitative estimate of drug-likeness (QED) is 0.550. The molecule has 4 nitrogen and oxygen atoms in total. The third-order valence-corrected chi connectivity index (χ3v) is 5.04. The Morgan fingerprint density at radius 1 is 0.864 bits per heavy atom. The third kappa shape index (κ3) is 4.66. The summed E-state index contributed by atoms with van der Waals surface area (Å²) < 4.78 is 9.11. The van der Waals surface area contributed by atoms with Crippen molar-refractivity contribution in [2.75, 3.05) is 14.2 Å². The van der Waals surface area contributed by atoms with E-state index in [0.717, 1.165) is 0 Å². The molecule has 0 amide bonds. The maximum atomic E-state index is 11.4. The van der Waals surface area contributed by atoms with E-state index in [0.29, 0.717) is 11.1 Å². The zero-order chi connectivity index (χ0) is 16.9. The molecule has 0 heterocycles. The number of alkyl halides is 4. The largest absolute Gasteiger partial charge is 0.468 e. The van der Waals surface area contributed by atoms with Gasteiger partial charge in [0.05, 0.1) is 25.0 Å². The Hall–Kier alpha value is -0.680. The van der Waals surface area contributed by atoms with Crippen LogP contribution in [-0.4, -0.2) is 36.9 Å². The van der Waals surface area contributed by atoms with E-state index in [2.05, 4.69) is 9.47 Å². The molecule has 0 aliphatic heterocycles. The molecule has 0 unspecified atom stereocenters. The van der Waals surface area contributed by atoms with Crippen molar-refractivity contribution in [2.24, 2.45) is 0 Å². The van der Waals surface area contributed by atoms with Gasteiger partial charge in [-0.2, -0.15) is 0 Å². The molecule has 0 saturated carbocycles. The van der Waals surface area contributed by atoms with Crippen molar-refractivity contribution in [3.05, 3.63) is 35.4 Å². The summed E-state index contributed by atoms with van der Waals surface area (Å²) in [6, 6.07) is 6.68. The number of ether oxygens (including phenoxy) is 2. The van der Waals surface area contributed by atoms with Gasteiger partial charge in [-0.3, -0.25) is 9.59 Å². The molecule has 0 fully saturated rings. The minimum absolute atomic E-state index is 0.559. The molecule has 0 aromatic heterocycles. The molecule has 1 aromatic carbocycles. The highest BCUT2D eigenvalue weighted by atomic mass is 35.5. The molecule has 8 heteroatoms. The van der Waals surface area contributed by atoms with Gasteiger partial charge in [-0.1, -0.05) is 24.3 Å². The molecule has 0 saturated heterocycles. The van der Waals surface area contributed by atoms with Crippen LogP contribution in [0.1, 0.15) is 21.9 Å². The van der Waals surface area contributed by atoms with E-state index in [1.165, 1.54) is 14.2 Å². The van der Waals surface area contributed by atoms with Gasteiger partial charge in [0, 0.05) is 0 Å². The lowest BCUT2D eigenvalue weighted by Crippen LogP contribution is -2.22. The number of rotatable bonds is 6. The number of carbonyl (C=O) groups excluding carboxylic acids is 2. The molecule has 4 atom stereocenters. The summed E-state index contributed by atoms with van der Waals surface area (Å²) in [4.78, 5) is 22.9. The first-order valence-corrected chi connectivity index (χ1v) is 7.89. The molecular formula is C14H14Cl4O4. The smallest absolute Gasteiger partial charge is 0.325 e. The lowest BCUT2D eigenvalue weighted by Gasteiger charge is -2.18. The van der Waals surface area contributed by atoms with Gasteiger partial charge in [0.25, 0.3) is 0 Å². The number of halogens is 4. The van der Waals surface area contributed by atoms with Crippen molar-refractivity contribution >= 4 is 58.3 Å². The van der Waals surface area contributed by atoms with Crippen LogP contribution in [0, 0.1) is 0 Å². The number of benzene rings is 1. The molecule has 1 rings (SSSR count). The maximum Gasteiger partial charge on any atom is 0.325 e. The van der Waals surface area contributed by atoms with Gasteiger partial charge in [0.1, 0.15) is 0 Å². The van der Waals surface area contributed by atoms with Crippen molar-refractivity contribution in [2.45, 2.75) is 21.5 Å². The lowest BCUT2D eigenvalue weighted by molar-refractivity contribution is -0.141. The Labute approximate surface area is 148 Å². The number of methoxy groups -OCH3 is 2. The maximum absolute atomic E-state index is 11.4. The topological polar surface area (TPSA) is 52.6 Å². The third-order valence-electron chi connectivity index (χ3n) is 2.91. The fraction of sp³-hybridized carbons (Fsp3) is 0.429. The van der Waals surface area contributed by atoms with Crippen molar-refractivity contribution in [3.8, 4) is 0 Å². The van der Waals surface area contributed by atoms with E-state index in [1.807, 2.05) is 0 Å². The van der Waals surface area contributed by atoms with Crippen LogP contribution in [0.3, 0.4) is 0 Å².